The first-order chi connectivity index (χ1) is 27.3. The summed E-state index contributed by atoms with van der Waals surface area (Å²) in [5.74, 6) is 0.665. The highest BCUT2D eigenvalue weighted by atomic mass is 32.1. The van der Waals surface area contributed by atoms with Gasteiger partial charge in [0.1, 0.15) is 0 Å². The first-order valence-electron chi connectivity index (χ1n) is 18.6. The summed E-state index contributed by atoms with van der Waals surface area (Å²) in [7, 11) is 0. The van der Waals surface area contributed by atoms with E-state index in [-0.39, 0.29) is 0 Å². The van der Waals surface area contributed by atoms with Crippen molar-refractivity contribution in [3.63, 3.8) is 0 Å². The summed E-state index contributed by atoms with van der Waals surface area (Å²) in [5.41, 5.74) is 11.0. The van der Waals surface area contributed by atoms with Crippen molar-refractivity contribution in [2.45, 2.75) is 0 Å². The minimum atomic E-state index is 0.665. The van der Waals surface area contributed by atoms with Crippen molar-refractivity contribution in [1.82, 2.24) is 19.1 Å². The van der Waals surface area contributed by atoms with Crippen LogP contribution in [0.4, 0.5) is 0 Å². The summed E-state index contributed by atoms with van der Waals surface area (Å²) in [6, 6.07) is 65.3. The lowest BCUT2D eigenvalue weighted by molar-refractivity contribution is 1.02. The predicted molar refractivity (Wildman–Crippen MR) is 232 cm³/mol. The summed E-state index contributed by atoms with van der Waals surface area (Å²) in [4.78, 5) is 11.1. The summed E-state index contributed by atoms with van der Waals surface area (Å²) >= 11 is 1.78. The third kappa shape index (κ3) is 4.57. The van der Waals surface area contributed by atoms with Gasteiger partial charge in [0.25, 0.3) is 0 Å². The Hall–Kier alpha value is -7.08. The van der Waals surface area contributed by atoms with Gasteiger partial charge in [0.15, 0.2) is 0 Å². The number of para-hydroxylation sites is 3. The first kappa shape index (κ1) is 30.4. The van der Waals surface area contributed by atoms with Crippen LogP contribution in [0.15, 0.2) is 182 Å². The lowest BCUT2D eigenvalue weighted by Crippen LogP contribution is -2.02. The monoisotopic (exact) mass is 718 g/mol. The maximum absolute atomic E-state index is 5.57. The van der Waals surface area contributed by atoms with Gasteiger partial charge in [0, 0.05) is 42.9 Å². The summed E-state index contributed by atoms with van der Waals surface area (Å²) < 4.78 is 6.97. The van der Waals surface area contributed by atoms with Crippen molar-refractivity contribution >= 4 is 86.0 Å². The average Bonchev–Trinajstić information content (AvgIpc) is 3.89. The third-order valence-electron chi connectivity index (χ3n) is 11.1. The second-order valence-corrected chi connectivity index (χ2v) is 15.3. The molecule has 5 heteroatoms. The third-order valence-corrected chi connectivity index (χ3v) is 12.2. The zero-order valence-electron chi connectivity index (χ0n) is 29.5. The van der Waals surface area contributed by atoms with Gasteiger partial charge in [-0.3, -0.25) is 4.57 Å². The van der Waals surface area contributed by atoms with Crippen molar-refractivity contribution in [2.24, 2.45) is 0 Å². The van der Waals surface area contributed by atoms with Gasteiger partial charge in [0.2, 0.25) is 5.95 Å². The van der Waals surface area contributed by atoms with Crippen molar-refractivity contribution in [3.8, 4) is 34.0 Å². The molecule has 0 saturated heterocycles. The smallest absolute Gasteiger partial charge is 0.235 e. The fraction of sp³-hybridized carbons (Fsp3) is 0. The van der Waals surface area contributed by atoms with E-state index in [4.69, 9.17) is 9.97 Å². The van der Waals surface area contributed by atoms with Crippen LogP contribution in [0.5, 0.6) is 0 Å². The molecule has 0 saturated carbocycles. The Morgan fingerprint density at radius 2 is 0.964 bits per heavy atom. The summed E-state index contributed by atoms with van der Waals surface area (Å²) in [6.45, 7) is 0. The number of aromatic nitrogens is 4. The van der Waals surface area contributed by atoms with Gasteiger partial charge in [-0.15, -0.1) is 11.3 Å². The number of nitrogens with zero attached hydrogens (tertiary/aromatic N) is 4. The molecule has 12 aromatic rings. The van der Waals surface area contributed by atoms with E-state index in [0.29, 0.717) is 5.95 Å². The minimum absolute atomic E-state index is 0.665. The fourth-order valence-electron chi connectivity index (χ4n) is 8.59. The second-order valence-electron chi connectivity index (χ2n) is 14.2. The van der Waals surface area contributed by atoms with Gasteiger partial charge in [0.05, 0.1) is 38.0 Å². The quantitative estimate of drug-likeness (QED) is 0.182. The zero-order valence-corrected chi connectivity index (χ0v) is 30.3. The van der Waals surface area contributed by atoms with E-state index < -0.39 is 0 Å². The largest absolute Gasteiger partial charge is 0.309 e. The van der Waals surface area contributed by atoms with E-state index in [1.54, 1.807) is 11.3 Å². The number of hydrogen-bond donors (Lipinski definition) is 0. The molecule has 0 radical (unpaired) electrons. The van der Waals surface area contributed by atoms with Gasteiger partial charge in [-0.25, -0.2) is 9.97 Å². The van der Waals surface area contributed by atoms with E-state index >= 15 is 0 Å². The molecule has 4 heterocycles. The minimum Gasteiger partial charge on any atom is -0.309 e. The molecule has 0 atom stereocenters. The number of fused-ring (bicyclic) bond motifs is 10. The van der Waals surface area contributed by atoms with Crippen LogP contribution in [0, 0.1) is 0 Å². The van der Waals surface area contributed by atoms with Crippen LogP contribution in [0.3, 0.4) is 0 Å². The molecule has 0 unspecified atom stereocenters. The van der Waals surface area contributed by atoms with Crippen LogP contribution in [0.2, 0.25) is 0 Å². The highest BCUT2D eigenvalue weighted by Crippen LogP contribution is 2.43. The maximum Gasteiger partial charge on any atom is 0.235 e. The highest BCUT2D eigenvalue weighted by molar-refractivity contribution is 7.26. The SMILES string of the molecule is c1ccc(-c2cccc(-c3nc(-n4c5ccccc5c5cc6c(cc54)c4ccccc4n6-c4ccccc4)nc4c3sc3cc5ccccc5cc34)c2)cc1. The Morgan fingerprint density at radius 3 is 1.71 bits per heavy atom. The average molecular weight is 719 g/mol. The summed E-state index contributed by atoms with van der Waals surface area (Å²) in [5, 5.41) is 8.32. The van der Waals surface area contributed by atoms with Crippen LogP contribution < -0.4 is 0 Å². The Balaban J connectivity index is 1.20. The van der Waals surface area contributed by atoms with Gasteiger partial charge < -0.3 is 4.57 Å². The molecule has 4 nitrogen and oxygen atoms in total. The van der Waals surface area contributed by atoms with E-state index in [2.05, 4.69) is 191 Å². The molecule has 256 valence electrons. The standard InChI is InChI=1S/C50H30N4S/c1-3-14-31(15-4-1)32-18-13-19-35(26-32)47-49-48(41-27-33-16-7-8-17-34(33)28-46(41)55-49)52-50(51-47)54-43-25-12-10-23-38(43)40-29-44-39(30-45(40)54)37-22-9-11-24-42(37)53(44)36-20-5-2-6-21-36/h1-30H. The topological polar surface area (TPSA) is 35.6 Å². The number of hydrogen-bond acceptors (Lipinski definition) is 3. The molecule has 12 rings (SSSR count). The number of rotatable bonds is 4. The molecule has 0 bridgehead atoms. The van der Waals surface area contributed by atoms with Crippen molar-refractivity contribution in [1.29, 1.82) is 0 Å². The molecular weight excluding hydrogens is 689 g/mol. The second kappa shape index (κ2) is 11.7. The van der Waals surface area contributed by atoms with Crippen molar-refractivity contribution in [2.75, 3.05) is 0 Å². The van der Waals surface area contributed by atoms with Gasteiger partial charge in [-0.1, -0.05) is 127 Å². The van der Waals surface area contributed by atoms with E-state index in [9.17, 15) is 0 Å². The molecule has 0 spiro atoms. The maximum atomic E-state index is 5.57. The molecule has 0 aliphatic carbocycles. The summed E-state index contributed by atoms with van der Waals surface area (Å²) in [6.07, 6.45) is 0. The molecule has 8 aromatic carbocycles. The fourth-order valence-corrected chi connectivity index (χ4v) is 9.77. The molecule has 55 heavy (non-hydrogen) atoms. The Kier molecular flexibility index (Phi) is 6.47. The Bertz CT molecular complexity index is 3480. The first-order valence-corrected chi connectivity index (χ1v) is 19.4. The molecule has 0 aliphatic rings. The lowest BCUT2D eigenvalue weighted by atomic mass is 10.0. The number of thiophene rings is 1. The Labute approximate surface area is 319 Å². The van der Waals surface area contributed by atoms with Gasteiger partial charge in [-0.05, 0) is 76.5 Å². The van der Waals surface area contributed by atoms with E-state index in [1.807, 2.05) is 0 Å². The number of benzene rings is 8. The Morgan fingerprint density at radius 1 is 0.382 bits per heavy atom. The zero-order chi connectivity index (χ0) is 36.0. The lowest BCUT2D eigenvalue weighted by Gasteiger charge is -2.11. The molecule has 0 N–H and O–H groups in total. The highest BCUT2D eigenvalue weighted by Gasteiger charge is 2.22. The normalized spacial score (nSPS) is 12.0. The van der Waals surface area contributed by atoms with E-state index in [1.165, 1.54) is 53.6 Å². The predicted octanol–water partition coefficient (Wildman–Crippen LogP) is 13.5. The van der Waals surface area contributed by atoms with Crippen LogP contribution in [0.1, 0.15) is 0 Å². The van der Waals surface area contributed by atoms with Crippen molar-refractivity contribution < 1.29 is 0 Å². The van der Waals surface area contributed by atoms with Crippen LogP contribution in [0.25, 0.3) is 109 Å². The van der Waals surface area contributed by atoms with Crippen LogP contribution in [-0.2, 0) is 0 Å². The van der Waals surface area contributed by atoms with Crippen LogP contribution in [-0.4, -0.2) is 19.1 Å². The molecule has 0 aliphatic heterocycles. The van der Waals surface area contributed by atoms with Crippen LogP contribution >= 0.6 is 11.3 Å². The van der Waals surface area contributed by atoms with Gasteiger partial charge >= 0.3 is 0 Å². The molecule has 0 amide bonds. The molecular formula is C50H30N4S. The molecule has 4 aromatic heterocycles. The van der Waals surface area contributed by atoms with E-state index in [0.717, 1.165) is 49.1 Å². The van der Waals surface area contributed by atoms with Gasteiger partial charge in [-0.2, -0.15) is 0 Å². The molecule has 0 fully saturated rings. The van der Waals surface area contributed by atoms with Crippen molar-refractivity contribution in [3.05, 3.63) is 182 Å².